The average Bonchev–Trinajstić information content (AvgIpc) is 2.91. The van der Waals surface area contributed by atoms with Crippen molar-refractivity contribution in [2.24, 2.45) is 0 Å². The molecule has 0 radical (unpaired) electrons. The molecule has 0 aliphatic carbocycles. The molecule has 1 aliphatic rings. The summed E-state index contributed by atoms with van der Waals surface area (Å²) in [6, 6.07) is 4.50. The zero-order valence-electron chi connectivity index (χ0n) is 11.5. The minimum atomic E-state index is -0.499. The smallest absolute Gasteiger partial charge is 0.328 e. The normalized spacial score (nSPS) is 17.9. The van der Waals surface area contributed by atoms with E-state index in [4.69, 9.17) is 16.3 Å². The van der Waals surface area contributed by atoms with Crippen molar-refractivity contribution < 1.29 is 14.3 Å². The minimum Gasteiger partial charge on any atom is -0.467 e. The fourth-order valence-corrected chi connectivity index (χ4v) is 2.44. The van der Waals surface area contributed by atoms with Crippen LogP contribution >= 0.6 is 11.6 Å². The van der Waals surface area contributed by atoms with Gasteiger partial charge in [0.15, 0.2) is 0 Å². The Morgan fingerprint density at radius 3 is 2.85 bits per heavy atom. The number of halogens is 1. The molecule has 1 aromatic carbocycles. The molecule has 20 heavy (non-hydrogen) atoms. The number of carbonyl (C=O) groups is 2. The summed E-state index contributed by atoms with van der Waals surface area (Å²) in [5, 5.41) is 3.35. The number of ether oxygens (including phenoxy) is 1. The summed E-state index contributed by atoms with van der Waals surface area (Å²) in [5.74, 6) is -0.375. The fourth-order valence-electron chi connectivity index (χ4n) is 2.26. The molecule has 5 nitrogen and oxygen atoms in total. The van der Waals surface area contributed by atoms with E-state index >= 15 is 0 Å². The summed E-state index contributed by atoms with van der Waals surface area (Å²) in [4.78, 5) is 25.3. The number of likely N-dealkylation sites (tertiary alicyclic amines) is 1. The van der Waals surface area contributed by atoms with Crippen LogP contribution in [0.2, 0.25) is 5.02 Å². The van der Waals surface area contributed by atoms with Crippen molar-refractivity contribution in [2.75, 3.05) is 19.0 Å². The number of urea groups is 1. The molecule has 108 valence electrons. The standard InChI is InChI=1S/C14H17ClN2O3/c1-9-5-6-10(8-11(9)15)16-14(19)17-7-3-4-12(17)13(18)20-2/h5-6,8,12H,3-4,7H2,1-2H3,(H,16,19). The maximum Gasteiger partial charge on any atom is 0.328 e. The van der Waals surface area contributed by atoms with Gasteiger partial charge in [0.1, 0.15) is 6.04 Å². The van der Waals surface area contributed by atoms with Crippen LogP contribution in [0.25, 0.3) is 0 Å². The number of carbonyl (C=O) groups excluding carboxylic acids is 2. The molecule has 6 heteroatoms. The number of hydrogen-bond acceptors (Lipinski definition) is 3. The van der Waals surface area contributed by atoms with E-state index in [1.165, 1.54) is 12.0 Å². The van der Waals surface area contributed by atoms with Gasteiger partial charge in [0.25, 0.3) is 0 Å². The Hall–Kier alpha value is -1.75. The van der Waals surface area contributed by atoms with Gasteiger partial charge in [-0.15, -0.1) is 0 Å². The summed E-state index contributed by atoms with van der Waals surface area (Å²) in [6.45, 7) is 2.44. The maximum atomic E-state index is 12.2. The summed E-state index contributed by atoms with van der Waals surface area (Å²) in [5.41, 5.74) is 1.55. The van der Waals surface area contributed by atoms with Crippen molar-refractivity contribution in [2.45, 2.75) is 25.8 Å². The van der Waals surface area contributed by atoms with Gasteiger partial charge in [-0.2, -0.15) is 0 Å². The number of methoxy groups -OCH3 is 1. The molecule has 1 saturated heterocycles. The number of anilines is 1. The molecule has 1 aromatic rings. The van der Waals surface area contributed by atoms with Crippen LogP contribution in [0.4, 0.5) is 10.5 Å². The third kappa shape index (κ3) is 3.04. The van der Waals surface area contributed by atoms with Crippen molar-refractivity contribution in [3.63, 3.8) is 0 Å². The highest BCUT2D eigenvalue weighted by Gasteiger charge is 2.34. The Labute approximate surface area is 122 Å². The predicted molar refractivity (Wildman–Crippen MR) is 77.0 cm³/mol. The van der Waals surface area contributed by atoms with Crippen molar-refractivity contribution in [1.82, 2.24) is 4.90 Å². The van der Waals surface area contributed by atoms with Crippen molar-refractivity contribution in [1.29, 1.82) is 0 Å². The second-order valence-electron chi connectivity index (χ2n) is 4.77. The lowest BCUT2D eigenvalue weighted by Crippen LogP contribution is -2.43. The van der Waals surface area contributed by atoms with E-state index in [2.05, 4.69) is 5.32 Å². The summed E-state index contributed by atoms with van der Waals surface area (Å²) < 4.78 is 4.72. The lowest BCUT2D eigenvalue weighted by molar-refractivity contribution is -0.144. The molecule has 0 spiro atoms. The van der Waals surface area contributed by atoms with Crippen molar-refractivity contribution in [3.05, 3.63) is 28.8 Å². The SMILES string of the molecule is COC(=O)C1CCCN1C(=O)Nc1ccc(C)c(Cl)c1. The third-order valence-electron chi connectivity index (χ3n) is 3.41. The van der Waals surface area contributed by atoms with Crippen LogP contribution in [0.3, 0.4) is 0 Å². The van der Waals surface area contributed by atoms with Gasteiger partial charge in [0.2, 0.25) is 0 Å². The zero-order chi connectivity index (χ0) is 14.7. The monoisotopic (exact) mass is 296 g/mol. The second kappa shape index (κ2) is 6.13. The lowest BCUT2D eigenvalue weighted by atomic mass is 10.2. The number of hydrogen-bond donors (Lipinski definition) is 1. The van der Waals surface area contributed by atoms with E-state index in [0.29, 0.717) is 23.7 Å². The Balaban J connectivity index is 2.07. The number of esters is 1. The molecule has 0 saturated carbocycles. The molecule has 1 N–H and O–H groups in total. The van der Waals surface area contributed by atoms with Gasteiger partial charge in [-0.1, -0.05) is 17.7 Å². The van der Waals surface area contributed by atoms with Gasteiger partial charge in [-0.05, 0) is 37.5 Å². The zero-order valence-corrected chi connectivity index (χ0v) is 12.2. The maximum absolute atomic E-state index is 12.2. The summed E-state index contributed by atoms with van der Waals surface area (Å²) in [7, 11) is 1.33. The van der Waals surface area contributed by atoms with Gasteiger partial charge in [0.05, 0.1) is 7.11 Å². The third-order valence-corrected chi connectivity index (χ3v) is 3.82. The van der Waals surface area contributed by atoms with Crippen LogP contribution in [0.1, 0.15) is 18.4 Å². The number of rotatable bonds is 2. The minimum absolute atomic E-state index is 0.308. The number of nitrogens with zero attached hydrogens (tertiary/aromatic N) is 1. The van der Waals surface area contributed by atoms with Crippen LogP contribution in [-0.2, 0) is 9.53 Å². The first-order valence-electron chi connectivity index (χ1n) is 6.44. The first-order chi connectivity index (χ1) is 9.52. The molecule has 1 atom stereocenters. The highest BCUT2D eigenvalue weighted by atomic mass is 35.5. The van der Waals surface area contributed by atoms with Crippen LogP contribution in [0, 0.1) is 6.92 Å². The molecule has 1 heterocycles. The van der Waals surface area contributed by atoms with E-state index in [0.717, 1.165) is 12.0 Å². The molecule has 1 aliphatic heterocycles. The Bertz CT molecular complexity index is 533. The van der Waals surface area contributed by atoms with E-state index < -0.39 is 6.04 Å². The van der Waals surface area contributed by atoms with Crippen LogP contribution in [0.15, 0.2) is 18.2 Å². The van der Waals surface area contributed by atoms with Gasteiger partial charge >= 0.3 is 12.0 Å². The average molecular weight is 297 g/mol. The van der Waals surface area contributed by atoms with E-state index in [9.17, 15) is 9.59 Å². The van der Waals surface area contributed by atoms with Crippen LogP contribution in [0.5, 0.6) is 0 Å². The quantitative estimate of drug-likeness (QED) is 0.854. The number of nitrogens with one attached hydrogen (secondary N) is 1. The molecule has 1 unspecified atom stereocenters. The molecule has 2 amide bonds. The fraction of sp³-hybridized carbons (Fsp3) is 0.429. The number of amides is 2. The van der Waals surface area contributed by atoms with Crippen molar-refractivity contribution in [3.8, 4) is 0 Å². The largest absolute Gasteiger partial charge is 0.467 e. The first-order valence-corrected chi connectivity index (χ1v) is 6.82. The molecule has 2 rings (SSSR count). The van der Waals surface area contributed by atoms with Gasteiger partial charge < -0.3 is 15.0 Å². The topological polar surface area (TPSA) is 58.6 Å². The number of benzene rings is 1. The van der Waals surface area contributed by atoms with Gasteiger partial charge in [0, 0.05) is 17.3 Å². The highest BCUT2D eigenvalue weighted by molar-refractivity contribution is 6.31. The Morgan fingerprint density at radius 1 is 1.45 bits per heavy atom. The van der Waals surface area contributed by atoms with Crippen LogP contribution in [-0.4, -0.2) is 36.6 Å². The van der Waals surface area contributed by atoms with E-state index in [-0.39, 0.29) is 12.0 Å². The molecule has 0 bridgehead atoms. The van der Waals surface area contributed by atoms with E-state index in [1.807, 2.05) is 13.0 Å². The lowest BCUT2D eigenvalue weighted by Gasteiger charge is -2.23. The molecule has 0 aromatic heterocycles. The Kier molecular flexibility index (Phi) is 4.49. The second-order valence-corrected chi connectivity index (χ2v) is 5.18. The first kappa shape index (κ1) is 14.7. The molecular weight excluding hydrogens is 280 g/mol. The van der Waals surface area contributed by atoms with E-state index in [1.54, 1.807) is 12.1 Å². The van der Waals surface area contributed by atoms with Crippen molar-refractivity contribution >= 4 is 29.3 Å². The Morgan fingerprint density at radius 2 is 2.20 bits per heavy atom. The van der Waals surface area contributed by atoms with Gasteiger partial charge in [-0.3, -0.25) is 0 Å². The summed E-state index contributed by atoms with van der Waals surface area (Å²) in [6.07, 6.45) is 1.43. The predicted octanol–water partition coefficient (Wildman–Crippen LogP) is 2.82. The highest BCUT2D eigenvalue weighted by Crippen LogP contribution is 2.23. The van der Waals surface area contributed by atoms with Crippen LogP contribution < -0.4 is 5.32 Å². The number of aryl methyl sites for hydroxylation is 1. The van der Waals surface area contributed by atoms with Gasteiger partial charge in [-0.25, -0.2) is 9.59 Å². The molecular formula is C14H17ClN2O3. The molecule has 1 fully saturated rings. The summed E-state index contributed by atoms with van der Waals surface area (Å²) >= 11 is 6.02.